The molecular formula is C58H47NO. The zero-order chi connectivity index (χ0) is 38.4. The molecule has 7 aliphatic rings. The van der Waals surface area contributed by atoms with Crippen molar-refractivity contribution in [3.8, 4) is 5.75 Å². The molecular weight excluding hydrogens is 727 g/mol. The van der Waals surface area contributed by atoms with E-state index < -0.39 is 0 Å². The Morgan fingerprint density at radius 3 is 1.98 bits per heavy atom. The fourth-order valence-corrected chi connectivity index (χ4v) is 18.4. The molecule has 2 heteroatoms. The molecule has 18 rings (SSSR count). The van der Waals surface area contributed by atoms with Crippen molar-refractivity contribution in [2.45, 2.75) is 114 Å². The van der Waals surface area contributed by atoms with Crippen LogP contribution in [0.5, 0.6) is 5.75 Å². The van der Waals surface area contributed by atoms with Gasteiger partial charge in [-0.1, -0.05) is 76.8 Å². The number of aromatic hydroxyl groups is 1. The maximum absolute atomic E-state index is 10.6. The molecule has 0 radical (unpaired) electrons. The Morgan fingerprint density at radius 2 is 1.22 bits per heavy atom. The van der Waals surface area contributed by atoms with Crippen LogP contribution in [0.2, 0.25) is 0 Å². The lowest BCUT2D eigenvalue weighted by molar-refractivity contribution is 0.137. The van der Waals surface area contributed by atoms with Gasteiger partial charge in [-0.05, 0) is 221 Å². The zero-order valence-electron chi connectivity index (χ0n) is 34.5. The highest BCUT2D eigenvalue weighted by molar-refractivity contribution is 6.59. The molecule has 0 bridgehead atoms. The predicted octanol–water partition coefficient (Wildman–Crippen LogP) is 13.9. The van der Waals surface area contributed by atoms with E-state index in [0.717, 1.165) is 6.54 Å². The molecule has 7 atom stereocenters. The molecule has 290 valence electrons. The minimum atomic E-state index is 0.106. The molecule has 1 N–H and O–H groups in total. The number of nitrogens with zero attached hydrogens (tertiary/aromatic N) is 1. The minimum absolute atomic E-state index is 0.106. The first-order valence-electron chi connectivity index (χ1n) is 24.3. The van der Waals surface area contributed by atoms with E-state index in [-0.39, 0.29) is 5.41 Å². The van der Waals surface area contributed by atoms with Crippen LogP contribution < -0.4 is 10.1 Å². The molecule has 0 amide bonds. The Hall–Kier alpha value is -5.08. The van der Waals surface area contributed by atoms with Crippen LogP contribution in [0.25, 0.3) is 103 Å². The van der Waals surface area contributed by atoms with Crippen LogP contribution in [-0.4, -0.2) is 17.7 Å². The van der Waals surface area contributed by atoms with Gasteiger partial charge in [-0.2, -0.15) is 0 Å². The number of rotatable bonds is 11. The van der Waals surface area contributed by atoms with Crippen LogP contribution in [0.3, 0.4) is 0 Å². The van der Waals surface area contributed by atoms with Gasteiger partial charge in [0, 0.05) is 35.5 Å². The van der Waals surface area contributed by atoms with E-state index in [0.29, 0.717) is 41.4 Å². The Morgan fingerprint density at radius 1 is 0.600 bits per heavy atom. The summed E-state index contributed by atoms with van der Waals surface area (Å²) in [6, 6.07) is 22.2. The van der Waals surface area contributed by atoms with Crippen molar-refractivity contribution in [2.24, 2.45) is 17.8 Å². The van der Waals surface area contributed by atoms with E-state index in [4.69, 9.17) is 0 Å². The lowest BCUT2D eigenvalue weighted by Gasteiger charge is -2.53. The highest BCUT2D eigenvalue weighted by atomic mass is 16.3. The maximum Gasteiger partial charge on any atom is 0.115 e. The first kappa shape index (κ1) is 30.9. The lowest BCUT2D eigenvalue weighted by atomic mass is 9.49. The summed E-state index contributed by atoms with van der Waals surface area (Å²) in [6.45, 7) is 3.48. The molecule has 60 heavy (non-hydrogen) atoms. The topological polar surface area (TPSA) is 23.5 Å². The summed E-state index contributed by atoms with van der Waals surface area (Å²) in [6.07, 6.45) is 17.5. The molecule has 0 aromatic heterocycles. The summed E-state index contributed by atoms with van der Waals surface area (Å²) in [5.41, 5.74) is 12.2. The lowest BCUT2D eigenvalue weighted by Crippen LogP contribution is -2.51. The number of phenolic OH excluding ortho intramolecular Hbond substituents is 1. The second-order valence-corrected chi connectivity index (χ2v) is 21.8. The van der Waals surface area contributed by atoms with Gasteiger partial charge in [0.1, 0.15) is 5.75 Å². The Bertz CT molecular complexity index is 3800. The molecule has 1 saturated heterocycles. The SMILES string of the molecule is CCCCCCCCCCCC1N(c2ccc(O)cc2)CC2C3CC4Cc5cc6cc7cc8cc9cc%10c%11c(c%12c%13c%14c%15c(c5C4C=%14C%123)c6c3c7c8c4c9c%11c%13c4c%153)C21C%10. The van der Waals surface area contributed by atoms with E-state index in [2.05, 4.69) is 54.3 Å². The molecule has 7 unspecified atom stereocenters. The van der Waals surface area contributed by atoms with Gasteiger partial charge < -0.3 is 10.0 Å². The van der Waals surface area contributed by atoms with Crippen LogP contribution in [0.15, 0.2) is 54.6 Å². The normalized spacial score (nSPS) is 27.9. The van der Waals surface area contributed by atoms with Crippen molar-refractivity contribution in [3.05, 3.63) is 87.6 Å². The van der Waals surface area contributed by atoms with Crippen LogP contribution in [0.1, 0.15) is 117 Å². The van der Waals surface area contributed by atoms with Crippen molar-refractivity contribution in [3.63, 3.8) is 0 Å². The summed E-state index contributed by atoms with van der Waals surface area (Å²) in [7, 11) is 0. The van der Waals surface area contributed by atoms with Crippen LogP contribution in [-0.2, 0) is 18.3 Å². The second-order valence-electron chi connectivity index (χ2n) is 21.8. The zero-order valence-corrected chi connectivity index (χ0v) is 34.5. The Balaban J connectivity index is 0.963. The number of hydrogen-bond acceptors (Lipinski definition) is 2. The third-order valence-corrected chi connectivity index (χ3v) is 19.8. The van der Waals surface area contributed by atoms with Gasteiger partial charge in [-0.15, -0.1) is 0 Å². The number of hydrogen-bond donors (Lipinski definition) is 1. The van der Waals surface area contributed by atoms with Crippen LogP contribution in [0, 0.1) is 17.8 Å². The van der Waals surface area contributed by atoms with Crippen LogP contribution in [0.4, 0.5) is 5.69 Å². The quantitative estimate of drug-likeness (QED) is 0.105. The molecule has 6 aliphatic carbocycles. The van der Waals surface area contributed by atoms with Crippen molar-refractivity contribution in [2.75, 3.05) is 11.4 Å². The van der Waals surface area contributed by atoms with Gasteiger partial charge >= 0.3 is 0 Å². The Kier molecular flexibility index (Phi) is 4.90. The maximum atomic E-state index is 10.6. The number of anilines is 1. The summed E-state index contributed by atoms with van der Waals surface area (Å²) in [4.78, 5) is 2.93. The molecule has 2 fully saturated rings. The van der Waals surface area contributed by atoms with Crippen molar-refractivity contribution in [1.29, 1.82) is 0 Å². The van der Waals surface area contributed by atoms with Gasteiger partial charge in [-0.3, -0.25) is 0 Å². The number of unbranched alkanes of at least 4 members (excludes halogenated alkanes) is 8. The summed E-state index contributed by atoms with van der Waals surface area (Å²) >= 11 is 0. The van der Waals surface area contributed by atoms with E-state index in [1.165, 1.54) is 111 Å². The van der Waals surface area contributed by atoms with Gasteiger partial charge in [0.15, 0.2) is 0 Å². The average molecular weight is 774 g/mol. The number of benzene rings is 8. The minimum Gasteiger partial charge on any atom is -0.508 e. The van der Waals surface area contributed by atoms with E-state index in [9.17, 15) is 5.11 Å². The van der Waals surface area contributed by atoms with Crippen molar-refractivity contribution >= 4 is 108 Å². The largest absolute Gasteiger partial charge is 0.508 e. The third kappa shape index (κ3) is 2.87. The number of phenols is 1. The fourth-order valence-electron chi connectivity index (χ4n) is 18.4. The summed E-state index contributed by atoms with van der Waals surface area (Å²) < 4.78 is 0. The summed E-state index contributed by atoms with van der Waals surface area (Å²) in [5, 5.41) is 41.5. The van der Waals surface area contributed by atoms with E-state index >= 15 is 0 Å². The van der Waals surface area contributed by atoms with Gasteiger partial charge in [0.05, 0.1) is 0 Å². The molecule has 1 spiro atoms. The molecule has 1 aliphatic heterocycles. The van der Waals surface area contributed by atoms with Gasteiger partial charge in [0.2, 0.25) is 0 Å². The fraction of sp³-hybridized carbons (Fsp3) is 0.379. The third-order valence-electron chi connectivity index (χ3n) is 19.8. The van der Waals surface area contributed by atoms with E-state index in [1.807, 2.05) is 28.8 Å². The Labute approximate surface area is 348 Å². The monoisotopic (exact) mass is 773 g/mol. The first-order valence-corrected chi connectivity index (χ1v) is 24.3. The molecule has 2 nitrogen and oxygen atoms in total. The summed E-state index contributed by atoms with van der Waals surface area (Å²) in [5.74, 6) is 3.54. The second kappa shape index (κ2) is 9.52. The van der Waals surface area contributed by atoms with E-state index in [1.54, 1.807) is 97.3 Å². The number of fused-ring (bicyclic) bond motifs is 1. The molecule has 1 saturated carbocycles. The first-order chi connectivity index (χ1) is 29.7. The molecule has 1 heterocycles. The molecule has 11 aromatic carbocycles. The predicted molar refractivity (Wildman–Crippen MR) is 250 cm³/mol. The van der Waals surface area contributed by atoms with Crippen molar-refractivity contribution in [1.82, 2.24) is 0 Å². The molecule has 11 aromatic rings. The standard InChI is InChI=1S/C58H47NO/c1-2-3-4-5-6-7-8-9-10-11-36-58-23-31-21-29-19-26-16-25-17-28-18-27-20-30-22-34(35(58)24-59(36)32-12-14-33(60)15-13-32)44-49-40(30)39(27)46-41(28)45-37(25)38(26)47-42(29)48-43(31)57(58)56(44)55-53(48)51(47)50(45)52(46)54(49)55/h12-19,21,30,34-36,40,44,60H,2-11,20,22-24H2,1H3. The van der Waals surface area contributed by atoms with Crippen LogP contribution >= 0.6 is 0 Å². The highest BCUT2D eigenvalue weighted by Crippen LogP contribution is 2.75. The average Bonchev–Trinajstić information content (AvgIpc) is 4.11. The van der Waals surface area contributed by atoms with Gasteiger partial charge in [0.25, 0.3) is 0 Å². The van der Waals surface area contributed by atoms with Gasteiger partial charge in [-0.25, -0.2) is 0 Å². The van der Waals surface area contributed by atoms with Crippen molar-refractivity contribution < 1.29 is 5.11 Å². The highest BCUT2D eigenvalue weighted by Gasteiger charge is 2.68. The smallest absolute Gasteiger partial charge is 0.115 e.